The number of furan rings is 2. The van der Waals surface area contributed by atoms with E-state index >= 15 is 0 Å². The van der Waals surface area contributed by atoms with Crippen molar-refractivity contribution < 1.29 is 8.83 Å². The van der Waals surface area contributed by atoms with Crippen molar-refractivity contribution in [1.82, 2.24) is 0 Å². The molecule has 0 radical (unpaired) electrons. The van der Waals surface area contributed by atoms with E-state index < -0.39 is 0 Å². The van der Waals surface area contributed by atoms with Crippen molar-refractivity contribution in [2.75, 3.05) is 9.80 Å². The van der Waals surface area contributed by atoms with Crippen LogP contribution in [0.4, 0.5) is 34.1 Å². The third-order valence-electron chi connectivity index (χ3n) is 12.0. The number of hydrogen-bond donors (Lipinski definition) is 0. The lowest BCUT2D eigenvalue weighted by molar-refractivity contribution is 0.651. The maximum atomic E-state index is 6.73. The molecule has 0 aliphatic rings. The predicted molar refractivity (Wildman–Crippen MR) is 249 cm³/mol. The molecule has 59 heavy (non-hydrogen) atoms. The number of anilines is 6. The number of aryl methyl sites for hydroxylation is 5. The SMILES string of the molecule is Cc1ccc(N(c2ccc(C)cc2)c2ccc3cc4c(cc3c2)oc2c(C)c3oc5cc6cc(N(c7ccc(C)cc7)c7ccc(C)cc7)ccc6cc5c3cc24)cc1. The molecule has 0 amide bonds. The third-order valence-corrected chi connectivity index (χ3v) is 12.0. The Kier molecular flexibility index (Phi) is 7.92. The van der Waals surface area contributed by atoms with Crippen molar-refractivity contribution in [2.45, 2.75) is 34.6 Å². The van der Waals surface area contributed by atoms with Crippen LogP contribution < -0.4 is 9.80 Å². The van der Waals surface area contributed by atoms with Gasteiger partial charge >= 0.3 is 0 Å². The fourth-order valence-electron chi connectivity index (χ4n) is 8.73. The maximum absolute atomic E-state index is 6.73. The second-order valence-electron chi connectivity index (χ2n) is 16.2. The lowest BCUT2D eigenvalue weighted by Gasteiger charge is -2.26. The topological polar surface area (TPSA) is 32.8 Å². The third kappa shape index (κ3) is 5.90. The summed E-state index contributed by atoms with van der Waals surface area (Å²) in [6, 6.07) is 59.5. The second-order valence-corrected chi connectivity index (χ2v) is 16.2. The minimum atomic E-state index is 0.863. The molecule has 0 saturated carbocycles. The molecule has 0 bridgehead atoms. The van der Waals surface area contributed by atoms with Crippen molar-refractivity contribution in [3.63, 3.8) is 0 Å². The first-order valence-electron chi connectivity index (χ1n) is 20.3. The zero-order valence-corrected chi connectivity index (χ0v) is 33.8. The Morgan fingerprint density at radius 2 is 0.610 bits per heavy atom. The standard InChI is InChI=1S/C55H42N2O2/c1-33-6-16-42(17-7-33)56(43-18-8-34(2)9-19-43)46-24-14-38-28-48-50-32-51-49-29-39-15-25-47(57(44-20-10-35(3)11-21-44)45-22-12-36(4)13-23-45)27-41(39)31-53(49)59-55(51)37(5)54(50)58-52(48)30-40(38)26-46/h6-32H,1-5H3. The fraction of sp³-hybridized carbons (Fsp3) is 0.0909. The zero-order chi connectivity index (χ0) is 39.9. The van der Waals surface area contributed by atoms with Crippen molar-refractivity contribution >= 4 is 99.5 Å². The lowest BCUT2D eigenvalue weighted by Crippen LogP contribution is -2.09. The number of hydrogen-bond acceptors (Lipinski definition) is 4. The van der Waals surface area contributed by atoms with Crippen molar-refractivity contribution in [3.8, 4) is 0 Å². The van der Waals surface area contributed by atoms with Crippen molar-refractivity contribution in [1.29, 1.82) is 0 Å². The Morgan fingerprint density at radius 1 is 0.288 bits per heavy atom. The molecular weight excluding hydrogens is 721 g/mol. The van der Waals surface area contributed by atoms with E-state index in [9.17, 15) is 0 Å². The van der Waals surface area contributed by atoms with Gasteiger partial charge in [-0.1, -0.05) is 82.9 Å². The van der Waals surface area contributed by atoms with Crippen LogP contribution in [0.15, 0.2) is 173 Å². The van der Waals surface area contributed by atoms with Crippen LogP contribution in [-0.2, 0) is 0 Å². The van der Waals surface area contributed by atoms with Gasteiger partial charge in [-0.25, -0.2) is 0 Å². The molecule has 0 fully saturated rings. The summed E-state index contributed by atoms with van der Waals surface area (Å²) in [4.78, 5) is 4.64. The van der Waals surface area contributed by atoms with E-state index in [1.54, 1.807) is 0 Å². The highest BCUT2D eigenvalue weighted by Crippen LogP contribution is 2.44. The maximum Gasteiger partial charge on any atom is 0.142 e. The molecule has 2 aromatic heterocycles. The number of fused-ring (bicyclic) bond motifs is 8. The van der Waals surface area contributed by atoms with Crippen molar-refractivity contribution in [2.24, 2.45) is 0 Å². The van der Waals surface area contributed by atoms with Gasteiger partial charge in [-0.15, -0.1) is 0 Å². The van der Waals surface area contributed by atoms with Crippen LogP contribution in [0.5, 0.6) is 0 Å². The number of benzene rings is 9. The minimum absolute atomic E-state index is 0.863. The molecule has 0 aliphatic heterocycles. The summed E-state index contributed by atoms with van der Waals surface area (Å²) in [5.74, 6) is 0. The molecule has 9 aromatic carbocycles. The van der Waals surface area contributed by atoms with E-state index in [0.717, 1.165) is 94.3 Å². The van der Waals surface area contributed by atoms with Gasteiger partial charge in [0.1, 0.15) is 22.3 Å². The Bertz CT molecular complexity index is 3090. The molecule has 2 heterocycles. The van der Waals surface area contributed by atoms with Gasteiger partial charge in [-0.05, 0) is 159 Å². The molecule has 0 spiro atoms. The van der Waals surface area contributed by atoms with Crippen LogP contribution >= 0.6 is 0 Å². The molecular formula is C55H42N2O2. The van der Waals surface area contributed by atoms with Gasteiger partial charge in [0.15, 0.2) is 0 Å². The normalized spacial score (nSPS) is 11.8. The van der Waals surface area contributed by atoms with Gasteiger partial charge in [0.25, 0.3) is 0 Å². The zero-order valence-electron chi connectivity index (χ0n) is 33.8. The first kappa shape index (κ1) is 34.9. The summed E-state index contributed by atoms with van der Waals surface area (Å²) in [7, 11) is 0. The van der Waals surface area contributed by atoms with E-state index in [1.165, 1.54) is 33.0 Å². The highest BCUT2D eigenvalue weighted by Gasteiger charge is 2.20. The van der Waals surface area contributed by atoms with Crippen LogP contribution in [0.3, 0.4) is 0 Å². The average molecular weight is 763 g/mol. The first-order chi connectivity index (χ1) is 28.7. The van der Waals surface area contributed by atoms with Crippen LogP contribution in [0.2, 0.25) is 0 Å². The monoisotopic (exact) mass is 762 g/mol. The smallest absolute Gasteiger partial charge is 0.142 e. The molecule has 4 heteroatoms. The summed E-state index contributed by atoms with van der Waals surface area (Å²) in [6.45, 7) is 10.6. The van der Waals surface area contributed by atoms with Crippen LogP contribution in [0, 0.1) is 34.6 Å². The molecule has 11 aromatic rings. The molecule has 4 nitrogen and oxygen atoms in total. The van der Waals surface area contributed by atoms with E-state index in [0.29, 0.717) is 0 Å². The van der Waals surface area contributed by atoms with E-state index in [1.807, 2.05) is 0 Å². The van der Waals surface area contributed by atoms with Crippen LogP contribution in [0.1, 0.15) is 27.8 Å². The summed E-state index contributed by atoms with van der Waals surface area (Å²) in [6.07, 6.45) is 0. The average Bonchev–Trinajstić information content (AvgIpc) is 3.79. The van der Waals surface area contributed by atoms with Crippen LogP contribution in [0.25, 0.3) is 65.4 Å². The Morgan fingerprint density at radius 3 is 0.949 bits per heavy atom. The largest absolute Gasteiger partial charge is 0.456 e. The number of nitrogens with zero attached hydrogens (tertiary/aromatic N) is 2. The molecule has 284 valence electrons. The molecule has 0 aliphatic carbocycles. The Balaban J connectivity index is 1.02. The minimum Gasteiger partial charge on any atom is -0.456 e. The van der Waals surface area contributed by atoms with Gasteiger partial charge < -0.3 is 18.6 Å². The molecule has 11 rings (SSSR count). The van der Waals surface area contributed by atoms with Gasteiger partial charge in [0.05, 0.1) is 0 Å². The van der Waals surface area contributed by atoms with Crippen molar-refractivity contribution in [3.05, 3.63) is 192 Å². The van der Waals surface area contributed by atoms with E-state index in [-0.39, 0.29) is 0 Å². The summed E-state index contributed by atoms with van der Waals surface area (Å²) >= 11 is 0. The highest BCUT2D eigenvalue weighted by molar-refractivity contribution is 6.20. The number of rotatable bonds is 6. The summed E-state index contributed by atoms with van der Waals surface area (Å²) in [5, 5.41) is 8.98. The molecule has 0 saturated heterocycles. The lowest BCUT2D eigenvalue weighted by atomic mass is 10.0. The van der Waals surface area contributed by atoms with Gasteiger partial charge in [-0.3, -0.25) is 0 Å². The first-order valence-corrected chi connectivity index (χ1v) is 20.3. The second kappa shape index (κ2) is 13.4. The van der Waals surface area contributed by atoms with Crippen LogP contribution in [-0.4, -0.2) is 0 Å². The summed E-state index contributed by atoms with van der Waals surface area (Å²) < 4.78 is 13.5. The molecule has 0 N–H and O–H groups in total. The molecule has 0 unspecified atom stereocenters. The highest BCUT2D eigenvalue weighted by atomic mass is 16.3. The summed E-state index contributed by atoms with van der Waals surface area (Å²) in [5.41, 5.74) is 16.1. The Hall–Kier alpha value is -7.30. The van der Waals surface area contributed by atoms with Gasteiger partial charge in [-0.2, -0.15) is 0 Å². The van der Waals surface area contributed by atoms with Gasteiger partial charge in [0, 0.05) is 61.2 Å². The molecule has 0 atom stereocenters. The predicted octanol–water partition coefficient (Wildman–Crippen LogP) is 16.3. The van der Waals surface area contributed by atoms with E-state index in [4.69, 9.17) is 8.83 Å². The van der Waals surface area contributed by atoms with Gasteiger partial charge in [0.2, 0.25) is 0 Å². The van der Waals surface area contributed by atoms with E-state index in [2.05, 4.69) is 208 Å². The fourth-order valence-corrected chi connectivity index (χ4v) is 8.73. The Labute approximate surface area is 343 Å². The quantitative estimate of drug-likeness (QED) is 0.169.